The average molecular weight is 143 g/mol. The lowest BCUT2D eigenvalue weighted by atomic mass is 10.1. The van der Waals surface area contributed by atoms with Crippen LogP contribution in [0.25, 0.3) is 0 Å². The van der Waals surface area contributed by atoms with Crippen molar-refractivity contribution in [3.05, 3.63) is 0 Å². The van der Waals surface area contributed by atoms with Crippen LogP contribution in [0.5, 0.6) is 0 Å². The van der Waals surface area contributed by atoms with Crippen LogP contribution >= 0.6 is 0 Å². The fraction of sp³-hybridized carbons (Fsp3) is 0.400. The number of primary amides is 1. The molecular weight excluding hydrogens is 138 g/mol. The fourth-order valence-corrected chi connectivity index (χ4v) is 0.692. The van der Waals surface area contributed by atoms with Gasteiger partial charge in [0.15, 0.2) is 0 Å². The van der Waals surface area contributed by atoms with Crippen molar-refractivity contribution in [1.29, 1.82) is 0 Å². The van der Waals surface area contributed by atoms with Gasteiger partial charge in [0.05, 0.1) is 6.42 Å². The molecule has 2 N–H and O–H groups in total. The van der Waals surface area contributed by atoms with Crippen LogP contribution in [0.15, 0.2) is 0 Å². The molecule has 1 saturated heterocycles. The fourth-order valence-electron chi connectivity index (χ4n) is 0.692. The minimum atomic E-state index is -1.06. The van der Waals surface area contributed by atoms with Crippen molar-refractivity contribution in [3.63, 3.8) is 0 Å². The zero-order valence-corrected chi connectivity index (χ0v) is 4.99. The molecule has 1 fully saturated rings. The van der Waals surface area contributed by atoms with Crippen LogP contribution in [0.1, 0.15) is 6.42 Å². The Morgan fingerprint density at radius 1 is 1.60 bits per heavy atom. The van der Waals surface area contributed by atoms with Crippen molar-refractivity contribution in [2.75, 3.05) is 0 Å². The van der Waals surface area contributed by atoms with E-state index in [-0.39, 0.29) is 6.42 Å². The van der Waals surface area contributed by atoms with E-state index < -0.39 is 23.8 Å². The molecule has 0 radical (unpaired) electrons. The first-order valence-electron chi connectivity index (χ1n) is 2.65. The van der Waals surface area contributed by atoms with Gasteiger partial charge in [0.2, 0.25) is 5.91 Å². The lowest BCUT2D eigenvalue weighted by Crippen LogP contribution is -2.26. The normalized spacial score (nSPS) is 24.6. The molecule has 5 heteroatoms. The van der Waals surface area contributed by atoms with Gasteiger partial charge in [0.1, 0.15) is 5.92 Å². The highest BCUT2D eigenvalue weighted by Crippen LogP contribution is 2.14. The molecule has 0 spiro atoms. The summed E-state index contributed by atoms with van der Waals surface area (Å²) in [5.74, 6) is -3.39. The van der Waals surface area contributed by atoms with Crippen molar-refractivity contribution in [2.24, 2.45) is 11.7 Å². The summed E-state index contributed by atoms with van der Waals surface area (Å²) in [6, 6.07) is 0. The number of hydrogen-bond acceptors (Lipinski definition) is 4. The maximum atomic E-state index is 10.5. The zero-order valence-electron chi connectivity index (χ0n) is 4.99. The van der Waals surface area contributed by atoms with Gasteiger partial charge in [-0.3, -0.25) is 14.4 Å². The maximum absolute atomic E-state index is 10.5. The van der Waals surface area contributed by atoms with E-state index in [9.17, 15) is 14.4 Å². The van der Waals surface area contributed by atoms with Crippen LogP contribution < -0.4 is 5.73 Å². The van der Waals surface area contributed by atoms with Crippen LogP contribution in [-0.2, 0) is 19.1 Å². The van der Waals surface area contributed by atoms with Crippen LogP contribution in [0.2, 0.25) is 0 Å². The summed E-state index contributed by atoms with van der Waals surface area (Å²) in [6.45, 7) is 0. The average Bonchev–Trinajstić information content (AvgIpc) is 2.10. The minimum absolute atomic E-state index is 0.214. The van der Waals surface area contributed by atoms with Crippen molar-refractivity contribution < 1.29 is 19.1 Å². The zero-order chi connectivity index (χ0) is 7.72. The van der Waals surface area contributed by atoms with E-state index in [0.29, 0.717) is 0 Å². The molecule has 1 amide bonds. The summed E-state index contributed by atoms with van der Waals surface area (Å²) in [7, 11) is 0. The highest BCUT2D eigenvalue weighted by molar-refractivity contribution is 6.07. The number of cyclic esters (lactones) is 2. The molecule has 1 rings (SSSR count). The van der Waals surface area contributed by atoms with Gasteiger partial charge in [-0.1, -0.05) is 0 Å². The van der Waals surface area contributed by atoms with Gasteiger partial charge in [0, 0.05) is 0 Å². The summed E-state index contributed by atoms with van der Waals surface area (Å²) in [6.07, 6.45) is -0.214. The Kier molecular flexibility index (Phi) is 1.41. The van der Waals surface area contributed by atoms with E-state index in [2.05, 4.69) is 4.74 Å². The minimum Gasteiger partial charge on any atom is -0.393 e. The first kappa shape index (κ1) is 6.73. The molecule has 54 valence electrons. The number of esters is 2. The Balaban J connectivity index is 2.72. The van der Waals surface area contributed by atoms with E-state index in [4.69, 9.17) is 5.73 Å². The topological polar surface area (TPSA) is 86.5 Å². The predicted octanol–water partition coefficient (Wildman–Crippen LogP) is -1.44. The Bertz CT molecular complexity index is 210. The molecule has 0 aromatic rings. The summed E-state index contributed by atoms with van der Waals surface area (Å²) in [4.78, 5) is 31.1. The van der Waals surface area contributed by atoms with E-state index in [0.717, 1.165) is 0 Å². The molecule has 0 saturated carbocycles. The van der Waals surface area contributed by atoms with E-state index in [1.807, 2.05) is 0 Å². The summed E-state index contributed by atoms with van der Waals surface area (Å²) in [5, 5.41) is 0. The molecule has 1 aliphatic heterocycles. The van der Waals surface area contributed by atoms with Crippen LogP contribution in [0, 0.1) is 5.92 Å². The third-order valence-electron chi connectivity index (χ3n) is 1.21. The maximum Gasteiger partial charge on any atom is 0.326 e. The monoisotopic (exact) mass is 143 g/mol. The van der Waals surface area contributed by atoms with Gasteiger partial charge in [0.25, 0.3) is 0 Å². The first-order chi connectivity index (χ1) is 4.61. The van der Waals surface area contributed by atoms with Gasteiger partial charge in [-0.05, 0) is 0 Å². The second-order valence-electron chi connectivity index (χ2n) is 1.95. The van der Waals surface area contributed by atoms with Crippen LogP contribution in [0.4, 0.5) is 0 Å². The molecule has 1 heterocycles. The van der Waals surface area contributed by atoms with Gasteiger partial charge < -0.3 is 10.5 Å². The Morgan fingerprint density at radius 2 is 2.20 bits per heavy atom. The highest BCUT2D eigenvalue weighted by atomic mass is 16.6. The molecule has 0 aromatic heterocycles. The quantitative estimate of drug-likeness (QED) is 0.359. The summed E-state index contributed by atoms with van der Waals surface area (Å²) in [5.41, 5.74) is 4.76. The summed E-state index contributed by atoms with van der Waals surface area (Å²) >= 11 is 0. The molecule has 0 aromatic carbocycles. The van der Waals surface area contributed by atoms with Crippen molar-refractivity contribution in [3.8, 4) is 0 Å². The summed E-state index contributed by atoms with van der Waals surface area (Å²) < 4.78 is 4.06. The van der Waals surface area contributed by atoms with Gasteiger partial charge >= 0.3 is 11.9 Å². The van der Waals surface area contributed by atoms with Crippen molar-refractivity contribution in [2.45, 2.75) is 6.42 Å². The predicted molar refractivity (Wildman–Crippen MR) is 28.4 cm³/mol. The number of carbonyl (C=O) groups excluding carboxylic acids is 3. The molecule has 0 aliphatic carbocycles. The Hall–Kier alpha value is -1.39. The molecule has 1 unspecified atom stereocenters. The third-order valence-corrected chi connectivity index (χ3v) is 1.21. The SMILES string of the molecule is NC(=O)C1CC(=O)OC1=O. The molecular formula is C5H5NO4. The Morgan fingerprint density at radius 3 is 2.40 bits per heavy atom. The highest BCUT2D eigenvalue weighted by Gasteiger charge is 2.37. The second-order valence-corrected chi connectivity index (χ2v) is 1.95. The molecule has 5 nitrogen and oxygen atoms in total. The second kappa shape index (κ2) is 2.09. The van der Waals surface area contributed by atoms with Gasteiger partial charge in [-0.25, -0.2) is 0 Å². The van der Waals surface area contributed by atoms with Crippen LogP contribution in [-0.4, -0.2) is 17.8 Å². The standard InChI is InChI=1S/C5H5NO4/c6-4(8)2-1-3(7)10-5(2)9/h2H,1H2,(H2,6,8). The number of rotatable bonds is 1. The van der Waals surface area contributed by atoms with Crippen molar-refractivity contribution >= 4 is 17.8 Å². The number of nitrogens with two attached hydrogens (primary N) is 1. The van der Waals surface area contributed by atoms with Gasteiger partial charge in [-0.15, -0.1) is 0 Å². The van der Waals surface area contributed by atoms with E-state index in [1.54, 1.807) is 0 Å². The van der Waals surface area contributed by atoms with Crippen LogP contribution in [0.3, 0.4) is 0 Å². The smallest absolute Gasteiger partial charge is 0.326 e. The van der Waals surface area contributed by atoms with Crippen molar-refractivity contribution in [1.82, 2.24) is 0 Å². The van der Waals surface area contributed by atoms with E-state index >= 15 is 0 Å². The number of amides is 1. The molecule has 10 heavy (non-hydrogen) atoms. The first-order valence-corrected chi connectivity index (χ1v) is 2.65. The molecule has 1 aliphatic rings. The number of hydrogen-bond donors (Lipinski definition) is 1. The molecule has 1 atom stereocenters. The Labute approximate surface area is 56.1 Å². The largest absolute Gasteiger partial charge is 0.393 e. The van der Waals surface area contributed by atoms with Gasteiger partial charge in [-0.2, -0.15) is 0 Å². The lowest BCUT2D eigenvalue weighted by molar-refractivity contribution is -0.153. The number of carbonyl (C=O) groups is 3. The molecule has 0 bridgehead atoms. The number of ether oxygens (including phenoxy) is 1. The third kappa shape index (κ3) is 0.975. The lowest BCUT2D eigenvalue weighted by Gasteiger charge is -1.93. The van der Waals surface area contributed by atoms with E-state index in [1.165, 1.54) is 0 Å².